The molecule has 0 unspecified atom stereocenters. The number of aromatic nitrogens is 3. The topological polar surface area (TPSA) is 76.7 Å². The maximum Gasteiger partial charge on any atom is 0.148 e. The zero-order chi connectivity index (χ0) is 14.8. The van der Waals surface area contributed by atoms with Gasteiger partial charge in [-0.25, -0.2) is 9.97 Å². The van der Waals surface area contributed by atoms with Gasteiger partial charge in [-0.3, -0.25) is 0 Å². The second-order valence-electron chi connectivity index (χ2n) is 4.56. The summed E-state index contributed by atoms with van der Waals surface area (Å²) in [4.78, 5) is 8.96. The van der Waals surface area contributed by atoms with E-state index < -0.39 is 0 Å². The first-order chi connectivity index (χ1) is 10.1. The molecule has 0 saturated carbocycles. The Morgan fingerprint density at radius 3 is 2.57 bits per heavy atom. The highest BCUT2D eigenvalue weighted by atomic mass is 32.1. The van der Waals surface area contributed by atoms with Crippen LogP contribution in [0.1, 0.15) is 15.7 Å². The van der Waals surface area contributed by atoms with Crippen LogP contribution < -0.4 is 11.1 Å². The molecule has 0 aliphatic carbocycles. The van der Waals surface area contributed by atoms with Gasteiger partial charge in [0.25, 0.3) is 0 Å². The minimum absolute atomic E-state index is 0.539. The zero-order valence-corrected chi connectivity index (χ0v) is 14.2. The van der Waals surface area contributed by atoms with Crippen molar-refractivity contribution in [2.45, 2.75) is 20.3 Å². The molecule has 0 saturated heterocycles. The number of nitrogens with two attached hydrogens (primary N) is 1. The van der Waals surface area contributed by atoms with E-state index in [1.807, 2.05) is 19.2 Å². The predicted molar refractivity (Wildman–Crippen MR) is 91.4 cm³/mol. The maximum absolute atomic E-state index is 5.98. The van der Waals surface area contributed by atoms with Gasteiger partial charge in [0.2, 0.25) is 0 Å². The molecule has 8 heteroatoms. The molecule has 0 aromatic carbocycles. The highest BCUT2D eigenvalue weighted by Crippen LogP contribution is 2.36. The number of nitrogens with zero attached hydrogens (tertiary/aromatic N) is 3. The van der Waals surface area contributed by atoms with E-state index in [2.05, 4.69) is 25.0 Å². The number of anilines is 2. The summed E-state index contributed by atoms with van der Waals surface area (Å²) in [6.45, 7) is 4.82. The van der Waals surface area contributed by atoms with Crippen LogP contribution in [0.4, 0.5) is 10.8 Å². The van der Waals surface area contributed by atoms with Crippen LogP contribution in [0.3, 0.4) is 0 Å². The summed E-state index contributed by atoms with van der Waals surface area (Å²) < 4.78 is 4.24. The average Bonchev–Trinajstić information content (AvgIpc) is 3.12. The summed E-state index contributed by atoms with van der Waals surface area (Å²) >= 11 is 4.68. The molecule has 0 radical (unpaired) electrons. The van der Waals surface area contributed by atoms with Gasteiger partial charge in [0, 0.05) is 23.7 Å². The van der Waals surface area contributed by atoms with E-state index in [1.165, 1.54) is 11.5 Å². The molecular formula is C13H15N5S3. The number of aryl methyl sites for hydroxylation is 2. The first kappa shape index (κ1) is 14.4. The number of thiazole rings is 2. The Morgan fingerprint density at radius 1 is 1.14 bits per heavy atom. The van der Waals surface area contributed by atoms with Crippen LogP contribution in [-0.2, 0) is 6.42 Å². The Labute approximate surface area is 135 Å². The fourth-order valence-electron chi connectivity index (χ4n) is 1.98. The zero-order valence-electron chi connectivity index (χ0n) is 11.7. The monoisotopic (exact) mass is 337 g/mol. The fourth-order valence-corrected chi connectivity index (χ4v) is 3.97. The molecule has 0 atom stereocenters. The van der Waals surface area contributed by atoms with Gasteiger partial charge >= 0.3 is 0 Å². The Morgan fingerprint density at radius 2 is 1.90 bits per heavy atom. The van der Waals surface area contributed by atoms with E-state index >= 15 is 0 Å². The Bertz CT molecular complexity index is 743. The standard InChI is InChI=1S/C13H15N5S3/c1-7-16-9(5-19-7)3-4-15-13-11(12(14)18-21-13)10-6-20-8(2)17-10/h5-6,15H,3-4H2,1-2H3,(H2,14,18). The normalized spacial score (nSPS) is 11.0. The molecular weight excluding hydrogens is 322 g/mol. The van der Waals surface area contributed by atoms with E-state index in [0.717, 1.165) is 44.9 Å². The van der Waals surface area contributed by atoms with Crippen molar-refractivity contribution in [3.63, 3.8) is 0 Å². The lowest BCUT2D eigenvalue weighted by Crippen LogP contribution is -2.05. The molecule has 110 valence electrons. The summed E-state index contributed by atoms with van der Waals surface area (Å²) in [5.41, 5.74) is 8.92. The smallest absolute Gasteiger partial charge is 0.148 e. The minimum Gasteiger partial charge on any atom is -0.382 e. The van der Waals surface area contributed by atoms with E-state index in [-0.39, 0.29) is 0 Å². The van der Waals surface area contributed by atoms with Gasteiger partial charge in [-0.2, -0.15) is 4.37 Å². The van der Waals surface area contributed by atoms with Gasteiger partial charge in [0.15, 0.2) is 0 Å². The highest BCUT2D eigenvalue weighted by molar-refractivity contribution is 7.11. The lowest BCUT2D eigenvalue weighted by atomic mass is 10.2. The first-order valence-electron chi connectivity index (χ1n) is 6.46. The van der Waals surface area contributed by atoms with Gasteiger partial charge in [0.1, 0.15) is 10.8 Å². The largest absolute Gasteiger partial charge is 0.382 e. The average molecular weight is 337 g/mol. The van der Waals surface area contributed by atoms with Crippen molar-refractivity contribution in [3.05, 3.63) is 26.5 Å². The molecule has 3 aromatic rings. The van der Waals surface area contributed by atoms with E-state index in [4.69, 9.17) is 5.73 Å². The van der Waals surface area contributed by atoms with Crippen molar-refractivity contribution in [2.75, 3.05) is 17.6 Å². The summed E-state index contributed by atoms with van der Waals surface area (Å²) in [5.74, 6) is 0.539. The number of hydrogen-bond acceptors (Lipinski definition) is 8. The van der Waals surface area contributed by atoms with Gasteiger partial charge < -0.3 is 11.1 Å². The Balaban J connectivity index is 1.71. The third-order valence-electron chi connectivity index (χ3n) is 2.93. The summed E-state index contributed by atoms with van der Waals surface area (Å²) in [6, 6.07) is 0. The number of nitrogen functional groups attached to an aromatic ring is 1. The fraction of sp³-hybridized carbons (Fsp3) is 0.308. The van der Waals surface area contributed by atoms with Crippen molar-refractivity contribution in [1.82, 2.24) is 14.3 Å². The van der Waals surface area contributed by atoms with Gasteiger partial charge in [-0.15, -0.1) is 22.7 Å². The van der Waals surface area contributed by atoms with E-state index in [1.54, 1.807) is 22.7 Å². The summed E-state index contributed by atoms with van der Waals surface area (Å²) in [7, 11) is 0. The van der Waals surface area contributed by atoms with Crippen LogP contribution in [0.5, 0.6) is 0 Å². The first-order valence-corrected chi connectivity index (χ1v) is 8.99. The highest BCUT2D eigenvalue weighted by Gasteiger charge is 2.16. The molecule has 0 aliphatic heterocycles. The van der Waals surface area contributed by atoms with Crippen molar-refractivity contribution in [3.8, 4) is 11.3 Å². The molecule has 5 nitrogen and oxygen atoms in total. The van der Waals surface area contributed by atoms with Gasteiger partial charge in [-0.05, 0) is 25.4 Å². The van der Waals surface area contributed by atoms with Crippen molar-refractivity contribution < 1.29 is 0 Å². The number of nitrogens with one attached hydrogen (secondary N) is 1. The third kappa shape index (κ3) is 3.22. The molecule has 0 aliphatic rings. The molecule has 0 amide bonds. The van der Waals surface area contributed by atoms with E-state index in [9.17, 15) is 0 Å². The van der Waals surface area contributed by atoms with Gasteiger partial charge in [0.05, 0.1) is 27.0 Å². The van der Waals surface area contributed by atoms with Crippen LogP contribution in [-0.4, -0.2) is 20.9 Å². The SMILES string of the molecule is Cc1nc(CCNc2snc(N)c2-c2csc(C)n2)cs1. The molecule has 0 fully saturated rings. The maximum atomic E-state index is 5.98. The minimum atomic E-state index is 0.539. The lowest BCUT2D eigenvalue weighted by molar-refractivity contribution is 0.972. The molecule has 21 heavy (non-hydrogen) atoms. The third-order valence-corrected chi connectivity index (χ3v) is 5.34. The van der Waals surface area contributed by atoms with Gasteiger partial charge in [-0.1, -0.05) is 0 Å². The summed E-state index contributed by atoms with van der Waals surface area (Å²) in [6.07, 6.45) is 0.887. The van der Waals surface area contributed by atoms with Crippen LogP contribution in [0.25, 0.3) is 11.3 Å². The van der Waals surface area contributed by atoms with E-state index in [0.29, 0.717) is 5.82 Å². The molecule has 0 spiro atoms. The lowest BCUT2D eigenvalue weighted by Gasteiger charge is -2.04. The predicted octanol–water partition coefficient (Wildman–Crippen LogP) is 3.58. The summed E-state index contributed by atoms with van der Waals surface area (Å²) in [5, 5.41) is 10.6. The van der Waals surface area contributed by atoms with Crippen LogP contribution >= 0.6 is 34.2 Å². The number of rotatable bonds is 5. The van der Waals surface area contributed by atoms with Crippen LogP contribution in [0.15, 0.2) is 10.8 Å². The molecule has 3 rings (SSSR count). The van der Waals surface area contributed by atoms with Crippen molar-refractivity contribution >= 4 is 45.0 Å². The molecule has 0 bridgehead atoms. The van der Waals surface area contributed by atoms with Crippen molar-refractivity contribution in [1.29, 1.82) is 0 Å². The number of hydrogen-bond donors (Lipinski definition) is 2. The van der Waals surface area contributed by atoms with Crippen LogP contribution in [0, 0.1) is 13.8 Å². The quantitative estimate of drug-likeness (QED) is 0.744. The molecule has 3 N–H and O–H groups in total. The second-order valence-corrected chi connectivity index (χ2v) is 7.46. The second kappa shape index (κ2) is 6.08. The molecule has 3 aromatic heterocycles. The van der Waals surface area contributed by atoms with Crippen LogP contribution in [0.2, 0.25) is 0 Å². The Kier molecular flexibility index (Phi) is 4.18. The Hall–Kier alpha value is -1.51. The van der Waals surface area contributed by atoms with Crippen molar-refractivity contribution in [2.24, 2.45) is 0 Å². The molecule has 3 heterocycles.